The SMILES string of the molecule is CC(C)C1=C(C(C)C)C(C(C)(C)C(C)C)CC(C(C)C)C(C(C)C)S1. The highest BCUT2D eigenvalue weighted by molar-refractivity contribution is 8.03. The van der Waals surface area contributed by atoms with E-state index in [0.717, 1.165) is 23.0 Å². The van der Waals surface area contributed by atoms with Crippen molar-refractivity contribution >= 4 is 11.8 Å². The molecule has 0 spiro atoms. The van der Waals surface area contributed by atoms with Gasteiger partial charge in [0.25, 0.3) is 0 Å². The predicted molar refractivity (Wildman–Crippen MR) is 118 cm³/mol. The van der Waals surface area contributed by atoms with E-state index in [4.69, 9.17) is 0 Å². The molecule has 148 valence electrons. The molecule has 0 radical (unpaired) electrons. The van der Waals surface area contributed by atoms with Gasteiger partial charge in [-0.05, 0) is 58.2 Å². The summed E-state index contributed by atoms with van der Waals surface area (Å²) in [6.07, 6.45) is 1.36. The third-order valence-corrected chi connectivity index (χ3v) is 9.03. The molecule has 3 atom stereocenters. The number of hydrogen-bond acceptors (Lipinski definition) is 1. The zero-order valence-electron chi connectivity index (χ0n) is 19.2. The quantitative estimate of drug-likeness (QED) is 0.455. The van der Waals surface area contributed by atoms with Gasteiger partial charge in [0, 0.05) is 5.25 Å². The summed E-state index contributed by atoms with van der Waals surface area (Å²) in [5, 5.41) is 0.749. The van der Waals surface area contributed by atoms with Gasteiger partial charge in [-0.2, -0.15) is 0 Å². The van der Waals surface area contributed by atoms with Crippen LogP contribution in [0.1, 0.15) is 89.5 Å². The standard InChI is InChI=1S/C24H46S/c1-14(2)19-13-20(24(11,12)18(9)10)21(15(3)4)23(17(7)8)25-22(19)16(5)6/h14-20,22H,13H2,1-12H3. The topological polar surface area (TPSA) is 0 Å². The average Bonchev–Trinajstić information content (AvgIpc) is 2.64. The summed E-state index contributed by atoms with van der Waals surface area (Å²) in [5.41, 5.74) is 2.13. The smallest absolute Gasteiger partial charge is 0.0145 e. The Kier molecular flexibility index (Phi) is 8.19. The maximum absolute atomic E-state index is 2.53. The Morgan fingerprint density at radius 2 is 1.32 bits per heavy atom. The molecule has 0 bridgehead atoms. The zero-order valence-corrected chi connectivity index (χ0v) is 20.1. The predicted octanol–water partition coefficient (Wildman–Crippen LogP) is 8.28. The van der Waals surface area contributed by atoms with Crippen LogP contribution in [0.5, 0.6) is 0 Å². The van der Waals surface area contributed by atoms with E-state index in [9.17, 15) is 0 Å². The number of thioether (sulfide) groups is 1. The average molecular weight is 367 g/mol. The molecule has 0 aromatic rings. The van der Waals surface area contributed by atoms with Crippen molar-refractivity contribution in [3.8, 4) is 0 Å². The van der Waals surface area contributed by atoms with E-state index in [1.165, 1.54) is 6.42 Å². The number of hydrogen-bond donors (Lipinski definition) is 0. The van der Waals surface area contributed by atoms with E-state index in [0.29, 0.717) is 29.1 Å². The van der Waals surface area contributed by atoms with E-state index in [-0.39, 0.29) is 0 Å². The molecule has 0 saturated carbocycles. The van der Waals surface area contributed by atoms with Gasteiger partial charge in [0.05, 0.1) is 0 Å². The van der Waals surface area contributed by atoms with Gasteiger partial charge in [-0.3, -0.25) is 0 Å². The molecule has 1 heterocycles. The van der Waals surface area contributed by atoms with Gasteiger partial charge in [-0.25, -0.2) is 0 Å². The monoisotopic (exact) mass is 366 g/mol. The minimum Gasteiger partial charge on any atom is -0.126 e. The number of allylic oxidation sites excluding steroid dienone is 2. The molecule has 0 aliphatic carbocycles. The van der Waals surface area contributed by atoms with Crippen LogP contribution in [0.15, 0.2) is 10.5 Å². The molecule has 1 aliphatic rings. The third kappa shape index (κ3) is 5.08. The summed E-state index contributed by atoms with van der Waals surface area (Å²) >= 11 is 2.25. The Hall–Kier alpha value is 0.0900. The lowest BCUT2D eigenvalue weighted by Crippen LogP contribution is -2.36. The molecule has 0 N–H and O–H groups in total. The molecule has 0 fully saturated rings. The van der Waals surface area contributed by atoms with Crippen molar-refractivity contribution in [2.45, 2.75) is 94.8 Å². The van der Waals surface area contributed by atoms with E-state index in [1.807, 2.05) is 0 Å². The largest absolute Gasteiger partial charge is 0.126 e. The molecule has 3 unspecified atom stereocenters. The van der Waals surface area contributed by atoms with Crippen molar-refractivity contribution in [2.75, 3.05) is 0 Å². The van der Waals surface area contributed by atoms with Crippen LogP contribution >= 0.6 is 11.8 Å². The van der Waals surface area contributed by atoms with E-state index in [2.05, 4.69) is 94.8 Å². The molecular weight excluding hydrogens is 320 g/mol. The first-order valence-electron chi connectivity index (χ1n) is 10.7. The van der Waals surface area contributed by atoms with Crippen molar-refractivity contribution in [1.29, 1.82) is 0 Å². The second-order valence-corrected chi connectivity index (χ2v) is 11.8. The Bertz CT molecular complexity index is 451. The fourth-order valence-corrected chi connectivity index (χ4v) is 6.50. The van der Waals surface area contributed by atoms with Crippen LogP contribution in [0.25, 0.3) is 0 Å². The lowest BCUT2D eigenvalue weighted by molar-refractivity contribution is 0.118. The van der Waals surface area contributed by atoms with Gasteiger partial charge in [-0.1, -0.05) is 88.7 Å². The normalized spacial score (nSPS) is 26.5. The van der Waals surface area contributed by atoms with Gasteiger partial charge in [0.15, 0.2) is 0 Å². The summed E-state index contributed by atoms with van der Waals surface area (Å²) in [4.78, 5) is 1.72. The second kappa shape index (κ2) is 8.85. The van der Waals surface area contributed by atoms with Crippen molar-refractivity contribution < 1.29 is 0 Å². The van der Waals surface area contributed by atoms with Crippen molar-refractivity contribution in [3.05, 3.63) is 10.5 Å². The van der Waals surface area contributed by atoms with Gasteiger partial charge in [-0.15, -0.1) is 11.8 Å². The second-order valence-electron chi connectivity index (χ2n) is 10.6. The fraction of sp³-hybridized carbons (Fsp3) is 0.917. The minimum atomic E-state index is 0.347. The molecule has 0 nitrogen and oxygen atoms in total. The third-order valence-electron chi connectivity index (χ3n) is 6.90. The maximum Gasteiger partial charge on any atom is 0.0145 e. The molecule has 25 heavy (non-hydrogen) atoms. The Labute approximate surface area is 164 Å². The highest BCUT2D eigenvalue weighted by Crippen LogP contribution is 2.55. The van der Waals surface area contributed by atoms with Crippen LogP contribution in [-0.2, 0) is 0 Å². The van der Waals surface area contributed by atoms with Crippen molar-refractivity contribution in [2.24, 2.45) is 46.8 Å². The van der Waals surface area contributed by atoms with E-state index < -0.39 is 0 Å². The summed E-state index contributed by atoms with van der Waals surface area (Å²) in [5.74, 6) is 4.98. The Morgan fingerprint density at radius 1 is 0.800 bits per heavy atom. The number of rotatable bonds is 6. The highest BCUT2D eigenvalue weighted by atomic mass is 32.2. The molecule has 0 amide bonds. The first-order valence-corrected chi connectivity index (χ1v) is 11.6. The van der Waals surface area contributed by atoms with Crippen LogP contribution in [-0.4, -0.2) is 5.25 Å². The molecule has 1 heteroatoms. The minimum absolute atomic E-state index is 0.347. The zero-order chi connectivity index (χ0) is 19.7. The summed E-state index contributed by atoms with van der Waals surface area (Å²) in [7, 11) is 0. The summed E-state index contributed by atoms with van der Waals surface area (Å²) < 4.78 is 0. The van der Waals surface area contributed by atoms with Crippen LogP contribution in [0.3, 0.4) is 0 Å². The van der Waals surface area contributed by atoms with Gasteiger partial charge in [0.2, 0.25) is 0 Å². The fourth-order valence-electron chi connectivity index (χ4n) is 4.55. The molecule has 0 saturated heterocycles. The summed E-state index contributed by atoms with van der Waals surface area (Å²) in [6.45, 7) is 29.4. The first kappa shape index (κ1) is 23.1. The van der Waals surface area contributed by atoms with Crippen LogP contribution in [0.2, 0.25) is 0 Å². The van der Waals surface area contributed by atoms with Gasteiger partial charge >= 0.3 is 0 Å². The Morgan fingerprint density at radius 3 is 1.64 bits per heavy atom. The lowest BCUT2D eigenvalue weighted by Gasteiger charge is -2.43. The van der Waals surface area contributed by atoms with Crippen LogP contribution in [0, 0.1) is 46.8 Å². The molecule has 0 aromatic heterocycles. The van der Waals surface area contributed by atoms with E-state index >= 15 is 0 Å². The van der Waals surface area contributed by atoms with Crippen LogP contribution in [0.4, 0.5) is 0 Å². The Balaban J connectivity index is 3.61. The summed E-state index contributed by atoms with van der Waals surface area (Å²) in [6, 6.07) is 0. The highest BCUT2D eigenvalue weighted by Gasteiger charge is 2.44. The first-order chi connectivity index (χ1) is 11.3. The molecule has 1 rings (SSSR count). The maximum atomic E-state index is 2.53. The van der Waals surface area contributed by atoms with Gasteiger partial charge in [0.1, 0.15) is 0 Å². The molecular formula is C24H46S. The molecule has 0 aromatic carbocycles. The van der Waals surface area contributed by atoms with E-state index in [1.54, 1.807) is 10.5 Å². The van der Waals surface area contributed by atoms with Crippen molar-refractivity contribution in [1.82, 2.24) is 0 Å². The van der Waals surface area contributed by atoms with Crippen LogP contribution < -0.4 is 0 Å². The van der Waals surface area contributed by atoms with Crippen molar-refractivity contribution in [3.63, 3.8) is 0 Å². The molecule has 1 aliphatic heterocycles. The van der Waals surface area contributed by atoms with Gasteiger partial charge < -0.3 is 0 Å². The lowest BCUT2D eigenvalue weighted by atomic mass is 9.61.